The van der Waals surface area contributed by atoms with E-state index in [1.807, 2.05) is 12.1 Å². The number of alkyl carbamates (subject to hydrolysis) is 1. The van der Waals surface area contributed by atoms with Crippen molar-refractivity contribution in [2.45, 2.75) is 19.3 Å². The summed E-state index contributed by atoms with van der Waals surface area (Å²) in [6, 6.07) is 14.7. The lowest BCUT2D eigenvalue weighted by Crippen LogP contribution is -2.36. The zero-order chi connectivity index (χ0) is 13.9. The van der Waals surface area contributed by atoms with E-state index in [0.717, 1.165) is 0 Å². The molecule has 0 atom stereocenters. The average molecular weight is 257 g/mol. The van der Waals surface area contributed by atoms with Crippen LogP contribution in [-0.4, -0.2) is 19.7 Å². The molecule has 2 aromatic rings. The Morgan fingerprint density at radius 1 is 1.16 bits per heavy atom. The first-order valence-corrected chi connectivity index (χ1v) is 6.34. The Balaban J connectivity index is 2.24. The first kappa shape index (κ1) is 13.4. The highest BCUT2D eigenvalue weighted by atomic mass is 16.5. The number of carbonyl (C=O) groups is 1. The van der Waals surface area contributed by atoms with Gasteiger partial charge in [-0.15, -0.1) is 0 Å². The number of nitrogens with one attached hydrogen (secondary N) is 1. The van der Waals surface area contributed by atoms with Gasteiger partial charge in [-0.1, -0.05) is 56.3 Å². The molecule has 0 unspecified atom stereocenters. The molecule has 0 fully saturated rings. The molecule has 1 amide bonds. The summed E-state index contributed by atoms with van der Waals surface area (Å²) in [4.78, 5) is 11.2. The molecule has 3 nitrogen and oxygen atoms in total. The molecule has 0 spiro atoms. The molecule has 1 N–H and O–H groups in total. The van der Waals surface area contributed by atoms with E-state index in [1.165, 1.54) is 23.4 Å². The van der Waals surface area contributed by atoms with Gasteiger partial charge in [-0.05, 0) is 16.3 Å². The van der Waals surface area contributed by atoms with Gasteiger partial charge in [-0.2, -0.15) is 0 Å². The van der Waals surface area contributed by atoms with E-state index in [9.17, 15) is 4.79 Å². The Morgan fingerprint density at radius 2 is 1.84 bits per heavy atom. The van der Waals surface area contributed by atoms with Crippen molar-refractivity contribution in [2.75, 3.05) is 13.7 Å². The Hall–Kier alpha value is -2.03. The summed E-state index contributed by atoms with van der Waals surface area (Å²) >= 11 is 0. The minimum atomic E-state index is -0.395. The summed E-state index contributed by atoms with van der Waals surface area (Å²) in [5, 5.41) is 5.20. The van der Waals surface area contributed by atoms with Gasteiger partial charge in [0.2, 0.25) is 0 Å². The first-order chi connectivity index (χ1) is 9.03. The van der Waals surface area contributed by atoms with Crippen LogP contribution in [-0.2, 0) is 10.2 Å². The van der Waals surface area contributed by atoms with Crippen LogP contribution in [0.1, 0.15) is 19.4 Å². The molecule has 2 aromatic carbocycles. The highest BCUT2D eigenvalue weighted by Gasteiger charge is 2.21. The topological polar surface area (TPSA) is 38.3 Å². The van der Waals surface area contributed by atoms with Crippen molar-refractivity contribution in [1.29, 1.82) is 0 Å². The number of amides is 1. The van der Waals surface area contributed by atoms with Crippen molar-refractivity contribution in [3.63, 3.8) is 0 Å². The molecule has 0 radical (unpaired) electrons. The number of ether oxygens (including phenoxy) is 1. The number of hydrogen-bond acceptors (Lipinski definition) is 2. The summed E-state index contributed by atoms with van der Waals surface area (Å²) in [5.41, 5.74) is 1.06. The van der Waals surface area contributed by atoms with Gasteiger partial charge in [0.15, 0.2) is 0 Å². The van der Waals surface area contributed by atoms with Crippen molar-refractivity contribution < 1.29 is 9.53 Å². The van der Waals surface area contributed by atoms with Gasteiger partial charge in [0.1, 0.15) is 0 Å². The van der Waals surface area contributed by atoms with E-state index in [2.05, 4.69) is 54.2 Å². The predicted molar refractivity (Wildman–Crippen MR) is 77.4 cm³/mol. The molecule has 19 heavy (non-hydrogen) atoms. The fourth-order valence-corrected chi connectivity index (χ4v) is 2.08. The average Bonchev–Trinajstić information content (AvgIpc) is 2.44. The molecule has 0 saturated heterocycles. The van der Waals surface area contributed by atoms with Crippen LogP contribution in [0.3, 0.4) is 0 Å². The Labute approximate surface area is 113 Å². The van der Waals surface area contributed by atoms with Crippen molar-refractivity contribution >= 4 is 16.9 Å². The van der Waals surface area contributed by atoms with E-state index in [-0.39, 0.29) is 5.41 Å². The largest absolute Gasteiger partial charge is 0.453 e. The Morgan fingerprint density at radius 3 is 2.53 bits per heavy atom. The molecule has 0 aliphatic rings. The summed E-state index contributed by atoms with van der Waals surface area (Å²) in [6.45, 7) is 4.75. The SMILES string of the molecule is COC(=O)NCC(C)(C)c1ccc2ccccc2c1. The molecular formula is C16H19NO2. The zero-order valence-corrected chi connectivity index (χ0v) is 11.6. The Bertz CT molecular complexity index is 590. The first-order valence-electron chi connectivity index (χ1n) is 6.34. The van der Waals surface area contributed by atoms with Crippen LogP contribution in [0.25, 0.3) is 10.8 Å². The number of carbonyl (C=O) groups excluding carboxylic acids is 1. The third kappa shape index (κ3) is 3.05. The van der Waals surface area contributed by atoms with Crippen molar-refractivity contribution in [1.82, 2.24) is 5.32 Å². The van der Waals surface area contributed by atoms with Crippen LogP contribution in [0.2, 0.25) is 0 Å². The quantitative estimate of drug-likeness (QED) is 0.914. The maximum Gasteiger partial charge on any atom is 0.406 e. The number of benzene rings is 2. The van der Waals surface area contributed by atoms with E-state index >= 15 is 0 Å². The third-order valence-corrected chi connectivity index (χ3v) is 3.39. The smallest absolute Gasteiger partial charge is 0.406 e. The molecule has 0 saturated carbocycles. The third-order valence-electron chi connectivity index (χ3n) is 3.39. The van der Waals surface area contributed by atoms with Crippen LogP contribution < -0.4 is 5.32 Å². The molecule has 2 rings (SSSR count). The fourth-order valence-electron chi connectivity index (χ4n) is 2.08. The minimum absolute atomic E-state index is 0.141. The highest BCUT2D eigenvalue weighted by Crippen LogP contribution is 2.26. The number of methoxy groups -OCH3 is 1. The standard InChI is InChI=1S/C16H19NO2/c1-16(2,11-17-15(18)19-3)14-9-8-12-6-4-5-7-13(12)10-14/h4-10H,11H2,1-3H3,(H,17,18). The number of rotatable bonds is 3. The normalized spacial score (nSPS) is 11.3. The lowest BCUT2D eigenvalue weighted by Gasteiger charge is -2.25. The minimum Gasteiger partial charge on any atom is -0.453 e. The van der Waals surface area contributed by atoms with Crippen molar-refractivity contribution in [3.8, 4) is 0 Å². The van der Waals surface area contributed by atoms with Gasteiger partial charge in [0.25, 0.3) is 0 Å². The van der Waals surface area contributed by atoms with Crippen molar-refractivity contribution in [3.05, 3.63) is 48.0 Å². The van der Waals surface area contributed by atoms with E-state index < -0.39 is 6.09 Å². The van der Waals surface area contributed by atoms with Crippen LogP contribution in [0.15, 0.2) is 42.5 Å². The molecule has 0 aliphatic carbocycles. The van der Waals surface area contributed by atoms with Gasteiger partial charge in [-0.3, -0.25) is 0 Å². The molecule has 0 bridgehead atoms. The van der Waals surface area contributed by atoms with Gasteiger partial charge in [-0.25, -0.2) is 4.79 Å². The fraction of sp³-hybridized carbons (Fsp3) is 0.312. The summed E-state index contributed by atoms with van der Waals surface area (Å²) in [5.74, 6) is 0. The molecule has 0 aromatic heterocycles. The van der Waals surface area contributed by atoms with Gasteiger partial charge in [0, 0.05) is 12.0 Å². The number of hydrogen-bond donors (Lipinski definition) is 1. The summed E-state index contributed by atoms with van der Waals surface area (Å²) < 4.78 is 4.60. The van der Waals surface area contributed by atoms with Crippen LogP contribution in [0.5, 0.6) is 0 Å². The van der Waals surface area contributed by atoms with Crippen LogP contribution >= 0.6 is 0 Å². The van der Waals surface area contributed by atoms with E-state index in [0.29, 0.717) is 6.54 Å². The monoisotopic (exact) mass is 257 g/mol. The molecule has 100 valence electrons. The molecule has 3 heteroatoms. The van der Waals surface area contributed by atoms with E-state index in [1.54, 1.807) is 0 Å². The second-order valence-electron chi connectivity index (χ2n) is 5.29. The lowest BCUT2D eigenvalue weighted by atomic mass is 9.83. The maximum atomic E-state index is 11.2. The molecule has 0 aliphatic heterocycles. The van der Waals surface area contributed by atoms with Gasteiger partial charge < -0.3 is 10.1 Å². The predicted octanol–water partition coefficient (Wildman–Crippen LogP) is 3.47. The highest BCUT2D eigenvalue weighted by molar-refractivity contribution is 5.83. The second kappa shape index (κ2) is 5.31. The molecule has 0 heterocycles. The van der Waals surface area contributed by atoms with Crippen LogP contribution in [0.4, 0.5) is 4.79 Å². The summed E-state index contributed by atoms with van der Waals surface area (Å²) in [6.07, 6.45) is -0.395. The maximum absolute atomic E-state index is 11.2. The van der Waals surface area contributed by atoms with Crippen LogP contribution in [0, 0.1) is 0 Å². The lowest BCUT2D eigenvalue weighted by molar-refractivity contribution is 0.168. The Kier molecular flexibility index (Phi) is 3.74. The van der Waals surface area contributed by atoms with E-state index in [4.69, 9.17) is 0 Å². The van der Waals surface area contributed by atoms with Gasteiger partial charge >= 0.3 is 6.09 Å². The molecular weight excluding hydrogens is 238 g/mol. The number of fused-ring (bicyclic) bond motifs is 1. The van der Waals surface area contributed by atoms with Crippen molar-refractivity contribution in [2.24, 2.45) is 0 Å². The van der Waals surface area contributed by atoms with Gasteiger partial charge in [0.05, 0.1) is 7.11 Å². The second-order valence-corrected chi connectivity index (χ2v) is 5.29. The summed E-state index contributed by atoms with van der Waals surface area (Å²) in [7, 11) is 1.37. The zero-order valence-electron chi connectivity index (χ0n) is 11.6.